The second-order valence-electron chi connectivity index (χ2n) is 5.47. The van der Waals surface area contributed by atoms with Crippen LogP contribution in [0.15, 0.2) is 89.6 Å². The van der Waals surface area contributed by atoms with Gasteiger partial charge in [-0.15, -0.1) is 0 Å². The maximum absolute atomic E-state index is 12.1. The van der Waals surface area contributed by atoms with Crippen LogP contribution in [-0.2, 0) is 4.79 Å². The molecule has 0 bridgehead atoms. The molecule has 0 aliphatic carbocycles. The van der Waals surface area contributed by atoms with Crippen LogP contribution in [0.4, 0.5) is 0 Å². The Balaban J connectivity index is 1.70. The lowest BCUT2D eigenvalue weighted by Gasteiger charge is -2.18. The monoisotopic (exact) mass is 317 g/mol. The Morgan fingerprint density at radius 2 is 1.54 bits per heavy atom. The summed E-state index contributed by atoms with van der Waals surface area (Å²) in [5.74, 6) is 0.643. The number of rotatable bonds is 6. The lowest BCUT2D eigenvalue weighted by molar-refractivity contribution is -0.116. The molecule has 0 aliphatic heterocycles. The van der Waals surface area contributed by atoms with Crippen LogP contribution >= 0.6 is 0 Å². The molecule has 0 aliphatic rings. The van der Waals surface area contributed by atoms with Crippen molar-refractivity contribution in [2.45, 2.75) is 5.92 Å². The van der Waals surface area contributed by atoms with Crippen LogP contribution in [0.25, 0.3) is 6.08 Å². The number of amides is 1. The maximum Gasteiger partial charge on any atom is 0.244 e. The standard InChI is InChI=1S/C21H19NO2/c23-21(14-13-19-12-7-15-24-19)22-16-20(17-8-3-1-4-9-17)18-10-5-2-6-11-18/h1-15,20H,16H2,(H,22,23)/b14-13+. The second-order valence-corrected chi connectivity index (χ2v) is 5.47. The van der Waals surface area contributed by atoms with E-state index in [1.807, 2.05) is 36.4 Å². The lowest BCUT2D eigenvalue weighted by Crippen LogP contribution is -2.27. The fourth-order valence-corrected chi connectivity index (χ4v) is 2.60. The summed E-state index contributed by atoms with van der Waals surface area (Å²) in [6, 6.07) is 24.0. The number of furan rings is 1. The third-order valence-electron chi connectivity index (χ3n) is 3.83. The van der Waals surface area contributed by atoms with Gasteiger partial charge in [0, 0.05) is 18.5 Å². The zero-order valence-corrected chi connectivity index (χ0v) is 13.3. The minimum atomic E-state index is -0.136. The molecule has 0 atom stereocenters. The Hall–Kier alpha value is -3.07. The summed E-state index contributed by atoms with van der Waals surface area (Å²) in [5.41, 5.74) is 2.36. The normalized spacial score (nSPS) is 11.0. The van der Waals surface area contributed by atoms with E-state index < -0.39 is 0 Å². The van der Waals surface area contributed by atoms with Crippen molar-refractivity contribution in [1.82, 2.24) is 5.32 Å². The molecule has 0 saturated carbocycles. The van der Waals surface area contributed by atoms with Crippen LogP contribution in [0.2, 0.25) is 0 Å². The van der Waals surface area contributed by atoms with E-state index in [4.69, 9.17) is 4.42 Å². The average molecular weight is 317 g/mol. The maximum atomic E-state index is 12.1. The van der Waals surface area contributed by atoms with Gasteiger partial charge in [0.05, 0.1) is 6.26 Å². The number of carbonyl (C=O) groups excluding carboxylic acids is 1. The minimum Gasteiger partial charge on any atom is -0.465 e. The van der Waals surface area contributed by atoms with E-state index >= 15 is 0 Å². The predicted octanol–water partition coefficient (Wildman–Crippen LogP) is 4.24. The number of carbonyl (C=O) groups is 1. The second kappa shape index (κ2) is 7.97. The SMILES string of the molecule is O=C(/C=C/c1ccco1)NCC(c1ccccc1)c1ccccc1. The number of nitrogens with one attached hydrogen (secondary N) is 1. The quantitative estimate of drug-likeness (QED) is 0.691. The average Bonchev–Trinajstić information content (AvgIpc) is 3.16. The van der Waals surface area contributed by atoms with E-state index in [0.29, 0.717) is 12.3 Å². The van der Waals surface area contributed by atoms with Crippen LogP contribution in [0.5, 0.6) is 0 Å². The summed E-state index contributed by atoms with van der Waals surface area (Å²) in [6.45, 7) is 0.537. The van der Waals surface area contributed by atoms with Crippen LogP contribution < -0.4 is 5.32 Å². The first-order chi connectivity index (χ1) is 11.8. The minimum absolute atomic E-state index is 0.119. The smallest absolute Gasteiger partial charge is 0.244 e. The molecule has 1 N–H and O–H groups in total. The topological polar surface area (TPSA) is 42.2 Å². The van der Waals surface area contributed by atoms with Crippen LogP contribution in [-0.4, -0.2) is 12.5 Å². The van der Waals surface area contributed by atoms with Crippen molar-refractivity contribution in [3.63, 3.8) is 0 Å². The first kappa shape index (κ1) is 15.8. The van der Waals surface area contributed by atoms with Gasteiger partial charge >= 0.3 is 0 Å². The molecular weight excluding hydrogens is 298 g/mol. The Labute approximate surface area is 141 Å². The van der Waals surface area contributed by atoms with E-state index in [2.05, 4.69) is 29.6 Å². The Morgan fingerprint density at radius 1 is 0.917 bits per heavy atom. The third-order valence-corrected chi connectivity index (χ3v) is 3.83. The van der Waals surface area contributed by atoms with Crippen LogP contribution in [0.1, 0.15) is 22.8 Å². The van der Waals surface area contributed by atoms with E-state index in [1.165, 1.54) is 17.2 Å². The summed E-state index contributed by atoms with van der Waals surface area (Å²) in [4.78, 5) is 12.1. The van der Waals surface area contributed by atoms with E-state index in [-0.39, 0.29) is 11.8 Å². The van der Waals surface area contributed by atoms with Gasteiger partial charge in [-0.25, -0.2) is 0 Å². The molecule has 1 amide bonds. The van der Waals surface area contributed by atoms with Gasteiger partial charge in [0.1, 0.15) is 5.76 Å². The zero-order chi connectivity index (χ0) is 16.6. The highest BCUT2D eigenvalue weighted by Gasteiger charge is 2.14. The summed E-state index contributed by atoms with van der Waals surface area (Å²) < 4.78 is 5.18. The van der Waals surface area contributed by atoms with Crippen molar-refractivity contribution < 1.29 is 9.21 Å². The first-order valence-electron chi connectivity index (χ1n) is 7.92. The molecule has 3 aromatic rings. The molecule has 0 spiro atoms. The van der Waals surface area contributed by atoms with Crippen LogP contribution in [0.3, 0.4) is 0 Å². The van der Waals surface area contributed by atoms with Crippen LogP contribution in [0, 0.1) is 0 Å². The number of benzene rings is 2. The van der Waals surface area contributed by atoms with Gasteiger partial charge in [0.15, 0.2) is 0 Å². The fraction of sp³-hybridized carbons (Fsp3) is 0.0952. The molecule has 3 rings (SSSR count). The van der Waals surface area contributed by atoms with Gasteiger partial charge in [-0.1, -0.05) is 60.7 Å². The van der Waals surface area contributed by atoms with Gasteiger partial charge in [-0.3, -0.25) is 4.79 Å². The molecule has 3 nitrogen and oxygen atoms in total. The number of hydrogen-bond donors (Lipinski definition) is 1. The molecule has 2 aromatic carbocycles. The largest absolute Gasteiger partial charge is 0.465 e. The van der Waals surface area contributed by atoms with Gasteiger partial charge in [-0.05, 0) is 29.3 Å². The molecule has 1 heterocycles. The zero-order valence-electron chi connectivity index (χ0n) is 13.3. The Morgan fingerprint density at radius 3 is 2.08 bits per heavy atom. The van der Waals surface area contributed by atoms with Crippen molar-refractivity contribution in [3.8, 4) is 0 Å². The van der Waals surface area contributed by atoms with E-state index in [1.54, 1.807) is 24.5 Å². The third kappa shape index (κ3) is 4.23. The highest BCUT2D eigenvalue weighted by atomic mass is 16.3. The molecule has 0 radical (unpaired) electrons. The summed E-state index contributed by atoms with van der Waals surface area (Å²) in [5, 5.41) is 2.97. The van der Waals surface area contributed by atoms with E-state index in [0.717, 1.165) is 0 Å². The predicted molar refractivity (Wildman–Crippen MR) is 95.5 cm³/mol. The van der Waals surface area contributed by atoms with Crippen molar-refractivity contribution in [2.75, 3.05) is 6.54 Å². The van der Waals surface area contributed by atoms with Gasteiger partial charge in [-0.2, -0.15) is 0 Å². The molecular formula is C21H19NO2. The summed E-state index contributed by atoms with van der Waals surface area (Å²) in [7, 11) is 0. The number of hydrogen-bond acceptors (Lipinski definition) is 2. The first-order valence-corrected chi connectivity index (χ1v) is 7.92. The molecule has 0 saturated heterocycles. The highest BCUT2D eigenvalue weighted by Crippen LogP contribution is 2.23. The van der Waals surface area contributed by atoms with Crippen molar-refractivity contribution in [1.29, 1.82) is 0 Å². The molecule has 120 valence electrons. The molecule has 3 heteroatoms. The molecule has 1 aromatic heterocycles. The lowest BCUT2D eigenvalue weighted by atomic mass is 9.91. The summed E-state index contributed by atoms with van der Waals surface area (Å²) in [6.07, 6.45) is 4.74. The van der Waals surface area contributed by atoms with Gasteiger partial charge < -0.3 is 9.73 Å². The fourth-order valence-electron chi connectivity index (χ4n) is 2.60. The molecule has 0 fully saturated rings. The Kier molecular flexibility index (Phi) is 5.25. The summed E-state index contributed by atoms with van der Waals surface area (Å²) >= 11 is 0. The van der Waals surface area contributed by atoms with Gasteiger partial charge in [0.2, 0.25) is 5.91 Å². The Bertz CT molecular complexity index is 738. The highest BCUT2D eigenvalue weighted by molar-refractivity contribution is 5.91. The molecule has 24 heavy (non-hydrogen) atoms. The van der Waals surface area contributed by atoms with Crippen molar-refractivity contribution in [2.24, 2.45) is 0 Å². The van der Waals surface area contributed by atoms with E-state index in [9.17, 15) is 4.79 Å². The van der Waals surface area contributed by atoms with Crippen molar-refractivity contribution >= 4 is 12.0 Å². The van der Waals surface area contributed by atoms with Gasteiger partial charge in [0.25, 0.3) is 0 Å². The van der Waals surface area contributed by atoms with Crippen molar-refractivity contribution in [3.05, 3.63) is 102 Å². The molecule has 0 unspecified atom stereocenters.